The summed E-state index contributed by atoms with van der Waals surface area (Å²) in [4.78, 5) is 15.5. The Hall–Kier alpha value is -3.14. The highest BCUT2D eigenvalue weighted by Crippen LogP contribution is 2.26. The summed E-state index contributed by atoms with van der Waals surface area (Å²) in [5, 5.41) is 8.66. The molecule has 0 saturated heterocycles. The molecule has 0 amide bonds. The van der Waals surface area contributed by atoms with Crippen molar-refractivity contribution in [2.24, 2.45) is 0 Å². The lowest BCUT2D eigenvalue weighted by Crippen LogP contribution is -2.06. The number of carbonyl (C=O) groups excluding carboxylic acids is 1. The van der Waals surface area contributed by atoms with Gasteiger partial charge < -0.3 is 15.2 Å². The van der Waals surface area contributed by atoms with E-state index in [9.17, 15) is 9.18 Å². The molecule has 0 aliphatic heterocycles. The second kappa shape index (κ2) is 5.88. The van der Waals surface area contributed by atoms with Gasteiger partial charge in [0.25, 0.3) is 0 Å². The van der Waals surface area contributed by atoms with Crippen LogP contribution in [0.1, 0.15) is 15.9 Å². The SMILES string of the molecule is COC(=O)c1cc(N)cnc1Oc1ccc(C#N)c(F)c1. The number of esters is 1. The van der Waals surface area contributed by atoms with Crippen LogP contribution in [0.4, 0.5) is 10.1 Å². The highest BCUT2D eigenvalue weighted by molar-refractivity contribution is 5.92. The van der Waals surface area contributed by atoms with Crippen LogP contribution in [0.2, 0.25) is 0 Å². The number of benzene rings is 1. The second-order valence-electron chi connectivity index (χ2n) is 3.97. The Kier molecular flexibility index (Phi) is 4.00. The quantitative estimate of drug-likeness (QED) is 0.869. The minimum Gasteiger partial charge on any atom is -0.465 e. The van der Waals surface area contributed by atoms with Crippen LogP contribution in [0.15, 0.2) is 30.5 Å². The highest BCUT2D eigenvalue weighted by atomic mass is 19.1. The third kappa shape index (κ3) is 3.06. The van der Waals surface area contributed by atoms with Crippen LogP contribution in [0.5, 0.6) is 11.6 Å². The van der Waals surface area contributed by atoms with E-state index in [2.05, 4.69) is 9.72 Å². The van der Waals surface area contributed by atoms with Crippen molar-refractivity contribution < 1.29 is 18.7 Å². The fraction of sp³-hybridized carbons (Fsp3) is 0.0714. The lowest BCUT2D eigenvalue weighted by Gasteiger charge is -2.09. The van der Waals surface area contributed by atoms with Crippen LogP contribution in [0, 0.1) is 17.1 Å². The number of halogens is 1. The maximum atomic E-state index is 13.5. The normalized spacial score (nSPS) is 9.76. The summed E-state index contributed by atoms with van der Waals surface area (Å²) in [5.74, 6) is -1.39. The number of nitrogen functional groups attached to an aromatic ring is 1. The fourth-order valence-electron chi connectivity index (χ4n) is 1.57. The van der Waals surface area contributed by atoms with E-state index in [0.717, 1.165) is 6.07 Å². The van der Waals surface area contributed by atoms with Crippen molar-refractivity contribution >= 4 is 11.7 Å². The summed E-state index contributed by atoms with van der Waals surface area (Å²) < 4.78 is 23.5. The van der Waals surface area contributed by atoms with Crippen LogP contribution in [-0.4, -0.2) is 18.1 Å². The van der Waals surface area contributed by atoms with Gasteiger partial charge in [0.15, 0.2) is 0 Å². The molecule has 1 heterocycles. The van der Waals surface area contributed by atoms with Crippen LogP contribution in [0.25, 0.3) is 0 Å². The lowest BCUT2D eigenvalue weighted by atomic mass is 10.2. The van der Waals surface area contributed by atoms with Gasteiger partial charge in [0.1, 0.15) is 23.2 Å². The molecule has 0 saturated carbocycles. The molecule has 0 aliphatic rings. The molecule has 0 spiro atoms. The Labute approximate surface area is 119 Å². The smallest absolute Gasteiger partial charge is 0.343 e. The maximum absolute atomic E-state index is 13.5. The van der Waals surface area contributed by atoms with Gasteiger partial charge in [-0.2, -0.15) is 5.26 Å². The number of nitrogens with two attached hydrogens (primary N) is 1. The van der Waals surface area contributed by atoms with Gasteiger partial charge in [-0.1, -0.05) is 0 Å². The lowest BCUT2D eigenvalue weighted by molar-refractivity contribution is 0.0597. The number of pyridine rings is 1. The summed E-state index contributed by atoms with van der Waals surface area (Å²) in [5.41, 5.74) is 5.72. The first-order chi connectivity index (χ1) is 10.0. The number of hydrogen-bond acceptors (Lipinski definition) is 6. The van der Waals surface area contributed by atoms with E-state index < -0.39 is 11.8 Å². The zero-order chi connectivity index (χ0) is 15.4. The number of ether oxygens (including phenoxy) is 2. The topological polar surface area (TPSA) is 98.2 Å². The van der Waals surface area contributed by atoms with Gasteiger partial charge in [-0.15, -0.1) is 0 Å². The number of carbonyl (C=O) groups is 1. The molecule has 1 aromatic heterocycles. The van der Waals surface area contributed by atoms with Gasteiger partial charge in [-0.05, 0) is 18.2 Å². The Morgan fingerprint density at radius 2 is 2.19 bits per heavy atom. The van der Waals surface area contributed by atoms with E-state index in [1.54, 1.807) is 6.07 Å². The predicted molar refractivity (Wildman–Crippen MR) is 71.2 cm³/mol. The molecule has 0 aliphatic carbocycles. The fourth-order valence-corrected chi connectivity index (χ4v) is 1.57. The molecule has 21 heavy (non-hydrogen) atoms. The van der Waals surface area contributed by atoms with Gasteiger partial charge in [-0.25, -0.2) is 14.2 Å². The summed E-state index contributed by atoms with van der Waals surface area (Å²) in [6, 6.07) is 6.72. The van der Waals surface area contributed by atoms with Gasteiger partial charge in [0.05, 0.1) is 24.6 Å². The van der Waals surface area contributed by atoms with Crippen molar-refractivity contribution in [3.05, 3.63) is 47.4 Å². The molecule has 1 aromatic carbocycles. The van der Waals surface area contributed by atoms with E-state index in [1.807, 2.05) is 0 Å². The van der Waals surface area contributed by atoms with Crippen molar-refractivity contribution in [1.82, 2.24) is 4.98 Å². The zero-order valence-corrected chi connectivity index (χ0v) is 11.0. The predicted octanol–water partition coefficient (Wildman–Crippen LogP) is 2.25. The van der Waals surface area contributed by atoms with Crippen molar-refractivity contribution in [1.29, 1.82) is 5.26 Å². The molecule has 6 nitrogen and oxygen atoms in total. The third-order valence-corrected chi connectivity index (χ3v) is 2.55. The maximum Gasteiger partial charge on any atom is 0.343 e. The Balaban J connectivity index is 2.38. The van der Waals surface area contributed by atoms with Crippen LogP contribution in [-0.2, 0) is 4.74 Å². The van der Waals surface area contributed by atoms with Crippen LogP contribution in [0.3, 0.4) is 0 Å². The monoisotopic (exact) mass is 287 g/mol. The largest absolute Gasteiger partial charge is 0.465 e. The average molecular weight is 287 g/mol. The van der Waals surface area contributed by atoms with Gasteiger partial charge in [0.2, 0.25) is 5.88 Å². The number of nitriles is 1. The molecule has 106 valence electrons. The highest BCUT2D eigenvalue weighted by Gasteiger charge is 2.16. The van der Waals surface area contributed by atoms with Gasteiger partial charge in [0, 0.05) is 6.07 Å². The second-order valence-corrected chi connectivity index (χ2v) is 3.97. The molecule has 0 bridgehead atoms. The van der Waals surface area contributed by atoms with E-state index in [1.165, 1.54) is 31.5 Å². The molecule has 0 radical (unpaired) electrons. The zero-order valence-electron chi connectivity index (χ0n) is 11.0. The number of aromatic nitrogens is 1. The Bertz CT molecular complexity index is 741. The minimum atomic E-state index is -0.731. The first kappa shape index (κ1) is 14.3. The van der Waals surface area contributed by atoms with Crippen molar-refractivity contribution in [3.8, 4) is 17.7 Å². The van der Waals surface area contributed by atoms with E-state index in [0.29, 0.717) is 0 Å². The number of hydrogen-bond donors (Lipinski definition) is 1. The van der Waals surface area contributed by atoms with Crippen molar-refractivity contribution in [2.45, 2.75) is 0 Å². The van der Waals surface area contributed by atoms with Gasteiger partial charge in [-0.3, -0.25) is 0 Å². The van der Waals surface area contributed by atoms with Crippen LogP contribution >= 0.6 is 0 Å². The molecule has 2 rings (SSSR count). The summed E-state index contributed by atoms with van der Waals surface area (Å²) in [7, 11) is 1.21. The molecule has 0 unspecified atom stereocenters. The average Bonchev–Trinajstić information content (AvgIpc) is 2.48. The Morgan fingerprint density at radius 3 is 2.81 bits per heavy atom. The summed E-state index contributed by atoms with van der Waals surface area (Å²) in [6.07, 6.45) is 1.29. The van der Waals surface area contributed by atoms with Crippen molar-refractivity contribution in [3.63, 3.8) is 0 Å². The number of nitrogens with zero attached hydrogens (tertiary/aromatic N) is 2. The third-order valence-electron chi connectivity index (χ3n) is 2.55. The molecule has 0 atom stereocenters. The number of methoxy groups -OCH3 is 1. The van der Waals surface area contributed by atoms with Crippen molar-refractivity contribution in [2.75, 3.05) is 12.8 Å². The standard InChI is InChI=1S/C14H10FN3O3/c1-20-14(19)11-4-9(17)7-18-13(11)21-10-3-2-8(6-16)12(15)5-10/h2-5,7H,17H2,1H3. The molecular weight excluding hydrogens is 277 g/mol. The van der Waals surface area contributed by atoms with E-state index >= 15 is 0 Å². The first-order valence-corrected chi connectivity index (χ1v) is 5.76. The number of rotatable bonds is 3. The molecule has 2 N–H and O–H groups in total. The molecule has 7 heteroatoms. The summed E-state index contributed by atoms with van der Waals surface area (Å²) in [6.45, 7) is 0. The number of anilines is 1. The summed E-state index contributed by atoms with van der Waals surface area (Å²) >= 11 is 0. The first-order valence-electron chi connectivity index (χ1n) is 5.76. The minimum absolute atomic E-state index is 0.0160. The van der Waals surface area contributed by atoms with Crippen LogP contribution < -0.4 is 10.5 Å². The molecule has 2 aromatic rings. The molecule has 0 fully saturated rings. The molecular formula is C14H10FN3O3. The van der Waals surface area contributed by atoms with E-state index in [4.69, 9.17) is 15.7 Å². The van der Waals surface area contributed by atoms with Gasteiger partial charge >= 0.3 is 5.97 Å². The Morgan fingerprint density at radius 1 is 1.43 bits per heavy atom. The van der Waals surface area contributed by atoms with E-state index in [-0.39, 0.29) is 28.4 Å².